The molecule has 0 saturated carbocycles. The summed E-state index contributed by atoms with van der Waals surface area (Å²) >= 11 is 0. The van der Waals surface area contributed by atoms with Gasteiger partial charge in [0.2, 0.25) is 0 Å². The first-order valence-corrected chi connectivity index (χ1v) is 10.4. The van der Waals surface area contributed by atoms with Crippen LogP contribution in [0.25, 0.3) is 5.69 Å². The smallest absolute Gasteiger partial charge is 0.160 e. The van der Waals surface area contributed by atoms with E-state index < -0.39 is 0 Å². The van der Waals surface area contributed by atoms with Crippen molar-refractivity contribution in [1.82, 2.24) is 20.2 Å². The normalized spacial score (nSPS) is 14.2. The molecule has 7 heteroatoms. The molecule has 0 radical (unpaired) electrons. The van der Waals surface area contributed by atoms with E-state index >= 15 is 0 Å². The van der Waals surface area contributed by atoms with E-state index in [-0.39, 0.29) is 6.17 Å². The largest absolute Gasteiger partial charge is 0.497 e. The van der Waals surface area contributed by atoms with Crippen LogP contribution < -0.4 is 14.5 Å². The number of ether oxygens (including phenoxy) is 1. The summed E-state index contributed by atoms with van der Waals surface area (Å²) < 4.78 is 7.09. The maximum atomic E-state index is 5.28. The van der Waals surface area contributed by atoms with Crippen molar-refractivity contribution in [3.63, 3.8) is 0 Å². The topological polar surface area (TPSA) is 59.3 Å². The summed E-state index contributed by atoms with van der Waals surface area (Å²) in [6, 6.07) is 28.8. The van der Waals surface area contributed by atoms with Gasteiger partial charge in [0.15, 0.2) is 5.82 Å². The molecule has 1 aliphatic heterocycles. The molecule has 3 aromatic carbocycles. The van der Waals surface area contributed by atoms with Crippen LogP contribution in [0, 0.1) is 0 Å². The quantitative estimate of drug-likeness (QED) is 0.483. The maximum Gasteiger partial charge on any atom is 0.160 e. The van der Waals surface area contributed by atoms with Gasteiger partial charge < -0.3 is 14.5 Å². The second kappa shape index (κ2) is 8.47. The first kappa shape index (κ1) is 19.1. The van der Waals surface area contributed by atoms with Crippen LogP contribution in [0.3, 0.4) is 0 Å². The highest BCUT2D eigenvalue weighted by Gasteiger charge is 2.34. The molecule has 0 spiro atoms. The molecule has 0 amide bonds. The number of anilines is 2. The van der Waals surface area contributed by atoms with Crippen LogP contribution in [0.5, 0.6) is 5.75 Å². The molecule has 156 valence electrons. The summed E-state index contributed by atoms with van der Waals surface area (Å²) in [4.78, 5) is 4.86. The van der Waals surface area contributed by atoms with Gasteiger partial charge in [0, 0.05) is 30.9 Å². The van der Waals surface area contributed by atoms with E-state index in [2.05, 4.69) is 73.9 Å². The molecule has 0 aliphatic carbocycles. The molecule has 1 aromatic heterocycles. The predicted molar refractivity (Wildman–Crippen MR) is 121 cm³/mol. The average molecular weight is 412 g/mol. The fourth-order valence-corrected chi connectivity index (χ4v) is 4.16. The molecule has 1 saturated heterocycles. The average Bonchev–Trinajstić information content (AvgIpc) is 3.48. The van der Waals surface area contributed by atoms with Crippen molar-refractivity contribution in [2.24, 2.45) is 0 Å². The third-order valence-electron chi connectivity index (χ3n) is 5.69. The summed E-state index contributed by atoms with van der Waals surface area (Å²) in [7, 11) is 1.66. The number of para-hydroxylation sites is 2. The van der Waals surface area contributed by atoms with Gasteiger partial charge in [-0.1, -0.05) is 36.4 Å². The molecule has 0 unspecified atom stereocenters. The lowest BCUT2D eigenvalue weighted by atomic mass is 10.2. The second-order valence-corrected chi connectivity index (χ2v) is 7.45. The minimum atomic E-state index is 0.104. The summed E-state index contributed by atoms with van der Waals surface area (Å²) in [5, 5.41) is 12.6. The van der Waals surface area contributed by atoms with Gasteiger partial charge in [-0.25, -0.2) is 0 Å². The number of rotatable bonds is 6. The van der Waals surface area contributed by atoms with Crippen molar-refractivity contribution >= 4 is 11.4 Å². The van der Waals surface area contributed by atoms with Gasteiger partial charge in [-0.15, -0.1) is 5.10 Å². The van der Waals surface area contributed by atoms with Crippen LogP contribution in [0.15, 0.2) is 84.9 Å². The Bertz CT molecular complexity index is 1070. The van der Waals surface area contributed by atoms with E-state index in [1.807, 2.05) is 41.1 Å². The second-order valence-electron chi connectivity index (χ2n) is 7.45. The molecule has 31 heavy (non-hydrogen) atoms. The zero-order valence-corrected chi connectivity index (χ0v) is 17.4. The number of aromatic nitrogens is 4. The minimum Gasteiger partial charge on any atom is -0.497 e. The number of benzene rings is 3. The molecule has 1 aliphatic rings. The van der Waals surface area contributed by atoms with Crippen molar-refractivity contribution in [1.29, 1.82) is 0 Å². The van der Waals surface area contributed by atoms with E-state index in [1.54, 1.807) is 7.11 Å². The Kier molecular flexibility index (Phi) is 5.22. The third-order valence-corrected chi connectivity index (χ3v) is 5.69. The Balaban J connectivity index is 1.49. The van der Waals surface area contributed by atoms with Gasteiger partial charge in [0.1, 0.15) is 11.9 Å². The van der Waals surface area contributed by atoms with E-state index in [9.17, 15) is 0 Å². The predicted octanol–water partition coefficient (Wildman–Crippen LogP) is 3.57. The van der Waals surface area contributed by atoms with Crippen LogP contribution in [-0.2, 0) is 6.42 Å². The number of hydrogen-bond acceptors (Lipinski definition) is 6. The third kappa shape index (κ3) is 3.82. The van der Waals surface area contributed by atoms with Crippen LogP contribution in [0.4, 0.5) is 11.4 Å². The lowest BCUT2D eigenvalue weighted by Gasteiger charge is -2.32. The van der Waals surface area contributed by atoms with Crippen LogP contribution in [0.1, 0.15) is 5.82 Å². The Morgan fingerprint density at radius 3 is 1.90 bits per heavy atom. The molecule has 5 rings (SSSR count). The van der Waals surface area contributed by atoms with Gasteiger partial charge in [-0.05, 0) is 59.0 Å². The minimum absolute atomic E-state index is 0.104. The zero-order valence-electron chi connectivity index (χ0n) is 17.4. The summed E-state index contributed by atoms with van der Waals surface area (Å²) in [6.07, 6.45) is 0.788. The van der Waals surface area contributed by atoms with Gasteiger partial charge in [-0.3, -0.25) is 0 Å². The van der Waals surface area contributed by atoms with Crippen molar-refractivity contribution in [3.8, 4) is 11.4 Å². The first-order valence-electron chi connectivity index (χ1n) is 10.4. The summed E-state index contributed by atoms with van der Waals surface area (Å²) in [6.45, 7) is 1.88. The molecule has 0 atom stereocenters. The summed E-state index contributed by atoms with van der Waals surface area (Å²) in [5.74, 6) is 1.62. The van der Waals surface area contributed by atoms with E-state index in [0.29, 0.717) is 6.42 Å². The lowest BCUT2D eigenvalue weighted by Crippen LogP contribution is -2.41. The Labute approximate surface area is 181 Å². The molecule has 0 N–H and O–H groups in total. The molecule has 4 aromatic rings. The van der Waals surface area contributed by atoms with Crippen molar-refractivity contribution in [2.45, 2.75) is 12.6 Å². The summed E-state index contributed by atoms with van der Waals surface area (Å²) in [5.41, 5.74) is 3.32. The van der Waals surface area contributed by atoms with E-state index in [4.69, 9.17) is 4.74 Å². The van der Waals surface area contributed by atoms with Crippen LogP contribution >= 0.6 is 0 Å². The molecular formula is C24H24N6O. The van der Waals surface area contributed by atoms with Gasteiger partial charge in [0.25, 0.3) is 0 Å². The number of hydrogen-bond donors (Lipinski definition) is 0. The zero-order chi connectivity index (χ0) is 21.0. The van der Waals surface area contributed by atoms with Crippen molar-refractivity contribution in [3.05, 3.63) is 90.8 Å². The fraction of sp³-hybridized carbons (Fsp3) is 0.208. The highest BCUT2D eigenvalue weighted by molar-refractivity contribution is 5.57. The molecule has 7 nitrogen and oxygen atoms in total. The SMILES string of the molecule is COc1ccc(-n2nnnc2CC2N(c3ccccc3)CCN2c2ccccc2)cc1. The van der Waals surface area contributed by atoms with Gasteiger partial charge >= 0.3 is 0 Å². The fourth-order valence-electron chi connectivity index (χ4n) is 4.16. The molecule has 0 bridgehead atoms. The highest BCUT2D eigenvalue weighted by Crippen LogP contribution is 2.30. The number of nitrogens with zero attached hydrogens (tertiary/aromatic N) is 6. The Morgan fingerprint density at radius 1 is 0.774 bits per heavy atom. The molecule has 2 heterocycles. The van der Waals surface area contributed by atoms with E-state index in [0.717, 1.165) is 30.4 Å². The number of methoxy groups -OCH3 is 1. The Hall–Kier alpha value is -3.87. The maximum absolute atomic E-state index is 5.28. The van der Waals surface area contributed by atoms with Gasteiger partial charge in [-0.2, -0.15) is 4.68 Å². The standard InChI is InChI=1S/C24H24N6O/c1-31-22-14-12-21(13-15-22)30-23(25-26-27-30)18-24-28(19-8-4-2-5-9-19)16-17-29(24)20-10-6-3-7-11-20/h2-15,24H,16-18H2,1H3. The monoisotopic (exact) mass is 412 g/mol. The van der Waals surface area contributed by atoms with E-state index in [1.165, 1.54) is 11.4 Å². The molecular weight excluding hydrogens is 388 g/mol. The van der Waals surface area contributed by atoms with Crippen LogP contribution in [0.2, 0.25) is 0 Å². The van der Waals surface area contributed by atoms with Crippen LogP contribution in [-0.4, -0.2) is 46.6 Å². The highest BCUT2D eigenvalue weighted by atomic mass is 16.5. The lowest BCUT2D eigenvalue weighted by molar-refractivity contribution is 0.414. The van der Waals surface area contributed by atoms with Crippen molar-refractivity contribution < 1.29 is 4.74 Å². The van der Waals surface area contributed by atoms with Crippen molar-refractivity contribution in [2.75, 3.05) is 30.0 Å². The molecule has 1 fully saturated rings. The van der Waals surface area contributed by atoms with Gasteiger partial charge in [0.05, 0.1) is 12.8 Å². The first-order chi connectivity index (χ1) is 15.3. The number of tetrazole rings is 1. The Morgan fingerprint density at radius 2 is 1.35 bits per heavy atom.